The zero-order chi connectivity index (χ0) is 24.9. The molecule has 1 heterocycles. The Bertz CT molecular complexity index is 1330. The van der Waals surface area contributed by atoms with Crippen molar-refractivity contribution in [3.8, 4) is 22.4 Å². The summed E-state index contributed by atoms with van der Waals surface area (Å²) in [6.07, 6.45) is 0.108. The molecule has 0 aliphatic heterocycles. The largest absolute Gasteiger partial charge is 0.370 e. The van der Waals surface area contributed by atoms with E-state index in [1.54, 1.807) is 12.1 Å². The van der Waals surface area contributed by atoms with Crippen molar-refractivity contribution in [3.63, 3.8) is 0 Å². The number of nitrogens with one attached hydrogen (secondary N) is 1. The first-order valence-corrected chi connectivity index (χ1v) is 11.6. The van der Waals surface area contributed by atoms with E-state index in [9.17, 15) is 14.0 Å². The smallest absolute Gasteiger partial charge is 0.258 e. The fraction of sp³-hybridized carbons (Fsp3) is 0.172. The molecule has 0 aliphatic carbocycles. The molecule has 6 heteroatoms. The molecule has 0 fully saturated rings. The Morgan fingerprint density at radius 2 is 1.49 bits per heavy atom. The molecule has 2 amide bonds. The van der Waals surface area contributed by atoms with E-state index < -0.39 is 5.91 Å². The van der Waals surface area contributed by atoms with Crippen molar-refractivity contribution in [1.82, 2.24) is 4.57 Å². The zero-order valence-corrected chi connectivity index (χ0v) is 19.8. The van der Waals surface area contributed by atoms with Gasteiger partial charge in [0.2, 0.25) is 5.91 Å². The number of benzene rings is 3. The van der Waals surface area contributed by atoms with Gasteiger partial charge in [0.05, 0.1) is 11.3 Å². The highest BCUT2D eigenvalue weighted by molar-refractivity contribution is 6.12. The van der Waals surface area contributed by atoms with Gasteiger partial charge in [0, 0.05) is 29.9 Å². The first-order valence-electron chi connectivity index (χ1n) is 11.6. The maximum atomic E-state index is 13.8. The van der Waals surface area contributed by atoms with Gasteiger partial charge in [-0.2, -0.15) is 0 Å². The summed E-state index contributed by atoms with van der Waals surface area (Å²) in [5, 5.41) is 3.03. The maximum absolute atomic E-state index is 13.8. The molecule has 3 N–H and O–H groups in total. The minimum Gasteiger partial charge on any atom is -0.370 e. The number of hydrogen-bond donors (Lipinski definition) is 2. The molecule has 0 bridgehead atoms. The second-order valence-corrected chi connectivity index (χ2v) is 8.70. The lowest BCUT2D eigenvalue weighted by molar-refractivity contribution is -0.118. The molecule has 0 saturated heterocycles. The van der Waals surface area contributed by atoms with E-state index >= 15 is 0 Å². The van der Waals surface area contributed by atoms with Gasteiger partial charge in [0.15, 0.2) is 0 Å². The van der Waals surface area contributed by atoms with Crippen LogP contribution in [0.5, 0.6) is 0 Å². The van der Waals surface area contributed by atoms with Gasteiger partial charge in [-0.05, 0) is 53.4 Å². The predicted octanol–water partition coefficient (Wildman–Crippen LogP) is 6.21. The molecule has 178 valence electrons. The number of rotatable bonds is 8. The fourth-order valence-corrected chi connectivity index (χ4v) is 4.43. The van der Waals surface area contributed by atoms with Crippen LogP contribution in [-0.4, -0.2) is 16.4 Å². The Kier molecular flexibility index (Phi) is 7.11. The molecule has 5 nitrogen and oxygen atoms in total. The highest BCUT2D eigenvalue weighted by Crippen LogP contribution is 2.42. The van der Waals surface area contributed by atoms with E-state index in [0.29, 0.717) is 17.8 Å². The number of carbonyl (C=O) groups excluding carboxylic acids is 2. The predicted molar refractivity (Wildman–Crippen MR) is 138 cm³/mol. The van der Waals surface area contributed by atoms with Gasteiger partial charge in [-0.25, -0.2) is 4.39 Å². The van der Waals surface area contributed by atoms with Crippen LogP contribution in [0.25, 0.3) is 22.4 Å². The normalized spacial score (nSPS) is 11.0. The highest BCUT2D eigenvalue weighted by Gasteiger charge is 2.30. The Labute approximate surface area is 204 Å². The topological polar surface area (TPSA) is 77.1 Å². The molecule has 0 aliphatic rings. The lowest BCUT2D eigenvalue weighted by Crippen LogP contribution is -2.18. The summed E-state index contributed by atoms with van der Waals surface area (Å²) in [4.78, 5) is 25.6. The summed E-state index contributed by atoms with van der Waals surface area (Å²) < 4.78 is 15.8. The average molecular weight is 470 g/mol. The maximum Gasteiger partial charge on any atom is 0.258 e. The standard InChI is InChI=1S/C29H28FN3O2/c1-19(2)27-26(29(35)32-23-11-7-4-8-12-23)25(20-9-5-3-6-10-20)28(33(27)18-17-24(31)34)21-13-15-22(30)16-14-21/h3-16,19H,17-18H2,1-2H3,(H2,31,34)(H,32,35). The highest BCUT2D eigenvalue weighted by atomic mass is 19.1. The minimum atomic E-state index is -0.435. The number of nitrogens with two attached hydrogens (primary N) is 1. The van der Waals surface area contributed by atoms with Crippen molar-refractivity contribution in [2.24, 2.45) is 5.73 Å². The third-order valence-electron chi connectivity index (χ3n) is 5.87. The fourth-order valence-electron chi connectivity index (χ4n) is 4.43. The number of hydrogen-bond acceptors (Lipinski definition) is 2. The summed E-state index contributed by atoms with van der Waals surface area (Å²) in [6, 6.07) is 25.1. The molecular formula is C29H28FN3O2. The van der Waals surface area contributed by atoms with E-state index in [4.69, 9.17) is 5.73 Å². The van der Waals surface area contributed by atoms with Gasteiger partial charge < -0.3 is 15.6 Å². The molecule has 0 saturated carbocycles. The van der Waals surface area contributed by atoms with Gasteiger partial charge in [-0.15, -0.1) is 0 Å². The number of para-hydroxylation sites is 1. The molecule has 0 atom stereocenters. The van der Waals surface area contributed by atoms with Crippen LogP contribution in [0.2, 0.25) is 0 Å². The Morgan fingerprint density at radius 3 is 2.06 bits per heavy atom. The van der Waals surface area contributed by atoms with Crippen LogP contribution < -0.4 is 11.1 Å². The third kappa shape index (κ3) is 5.17. The molecular weight excluding hydrogens is 441 g/mol. The van der Waals surface area contributed by atoms with Crippen molar-refractivity contribution in [2.75, 3.05) is 5.32 Å². The van der Waals surface area contributed by atoms with Crippen molar-refractivity contribution >= 4 is 17.5 Å². The first kappa shape index (κ1) is 24.0. The van der Waals surface area contributed by atoms with Crippen molar-refractivity contribution in [3.05, 3.63) is 102 Å². The first-order chi connectivity index (χ1) is 16.9. The molecule has 1 aromatic heterocycles. The lowest BCUT2D eigenvalue weighted by Gasteiger charge is -2.16. The monoisotopic (exact) mass is 469 g/mol. The number of nitrogens with zero attached hydrogens (tertiary/aromatic N) is 1. The van der Waals surface area contributed by atoms with Crippen LogP contribution in [0.4, 0.5) is 10.1 Å². The zero-order valence-electron chi connectivity index (χ0n) is 19.8. The molecule has 3 aromatic carbocycles. The SMILES string of the molecule is CC(C)c1c(C(=O)Nc2ccccc2)c(-c2ccccc2)c(-c2ccc(F)cc2)n1CCC(N)=O. The second kappa shape index (κ2) is 10.4. The van der Waals surface area contributed by atoms with Crippen LogP contribution >= 0.6 is 0 Å². The van der Waals surface area contributed by atoms with Gasteiger partial charge >= 0.3 is 0 Å². The Balaban J connectivity index is 2.04. The third-order valence-corrected chi connectivity index (χ3v) is 5.87. The number of carbonyl (C=O) groups is 2. The lowest BCUT2D eigenvalue weighted by atomic mass is 9.94. The van der Waals surface area contributed by atoms with Gasteiger partial charge in [-0.1, -0.05) is 62.4 Å². The van der Waals surface area contributed by atoms with Crippen LogP contribution in [0, 0.1) is 5.82 Å². The van der Waals surface area contributed by atoms with Gasteiger partial charge in [0.1, 0.15) is 5.82 Å². The van der Waals surface area contributed by atoms with E-state index in [-0.39, 0.29) is 24.1 Å². The Hall–Kier alpha value is -4.19. The summed E-state index contributed by atoms with van der Waals surface area (Å²) in [6.45, 7) is 4.32. The van der Waals surface area contributed by atoms with Crippen LogP contribution in [0.3, 0.4) is 0 Å². The number of halogens is 1. The second-order valence-electron chi connectivity index (χ2n) is 8.70. The van der Waals surface area contributed by atoms with Gasteiger partial charge in [0.25, 0.3) is 5.91 Å². The summed E-state index contributed by atoms with van der Waals surface area (Å²) in [7, 11) is 0. The Morgan fingerprint density at radius 1 is 0.886 bits per heavy atom. The molecule has 0 unspecified atom stereocenters. The number of amides is 2. The summed E-state index contributed by atoms with van der Waals surface area (Å²) in [5.74, 6) is -1.08. The average Bonchev–Trinajstić information content (AvgIpc) is 3.20. The summed E-state index contributed by atoms with van der Waals surface area (Å²) >= 11 is 0. The number of primary amides is 1. The molecule has 4 aromatic rings. The van der Waals surface area contributed by atoms with E-state index in [0.717, 1.165) is 28.1 Å². The van der Waals surface area contributed by atoms with Crippen molar-refractivity contribution < 1.29 is 14.0 Å². The van der Waals surface area contributed by atoms with Gasteiger partial charge in [-0.3, -0.25) is 9.59 Å². The minimum absolute atomic E-state index is 0.0453. The number of aromatic nitrogens is 1. The van der Waals surface area contributed by atoms with Crippen LogP contribution in [0.1, 0.15) is 42.2 Å². The molecule has 0 radical (unpaired) electrons. The molecule has 35 heavy (non-hydrogen) atoms. The van der Waals surface area contributed by atoms with E-state index in [1.165, 1.54) is 12.1 Å². The van der Waals surface area contributed by atoms with Crippen molar-refractivity contribution in [1.29, 1.82) is 0 Å². The van der Waals surface area contributed by atoms with E-state index in [1.807, 2.05) is 79.1 Å². The quantitative estimate of drug-likeness (QED) is 0.322. The van der Waals surface area contributed by atoms with E-state index in [2.05, 4.69) is 5.32 Å². The van der Waals surface area contributed by atoms with Crippen LogP contribution in [0.15, 0.2) is 84.9 Å². The molecule has 0 spiro atoms. The number of anilines is 1. The summed E-state index contributed by atoms with van der Waals surface area (Å²) in [5.41, 5.74) is 10.6. The molecule has 4 rings (SSSR count). The van der Waals surface area contributed by atoms with Crippen molar-refractivity contribution in [2.45, 2.75) is 32.7 Å². The van der Waals surface area contributed by atoms with Crippen LogP contribution in [-0.2, 0) is 11.3 Å².